The van der Waals surface area contributed by atoms with E-state index in [-0.39, 0.29) is 11.6 Å². The number of anilines is 1. The van der Waals surface area contributed by atoms with Gasteiger partial charge in [0.1, 0.15) is 11.9 Å². The van der Waals surface area contributed by atoms with Crippen LogP contribution in [0.3, 0.4) is 0 Å². The largest absolute Gasteiger partial charge is 0.432 e. The predicted molar refractivity (Wildman–Crippen MR) is 86.7 cm³/mol. The number of benzene rings is 1. The number of ether oxygens (including phenoxy) is 1. The molecule has 0 radical (unpaired) electrons. The van der Waals surface area contributed by atoms with Crippen LogP contribution in [-0.2, 0) is 0 Å². The van der Waals surface area contributed by atoms with Crippen LogP contribution in [0.1, 0.15) is 13.3 Å². The summed E-state index contributed by atoms with van der Waals surface area (Å²) in [6.07, 6.45) is 2.04. The number of rotatable bonds is 6. The minimum atomic E-state index is -0.561. The normalized spacial score (nSPS) is 10.2. The fourth-order valence-corrected chi connectivity index (χ4v) is 2.01. The molecule has 0 saturated carbocycles. The maximum atomic E-state index is 11.0. The van der Waals surface area contributed by atoms with Crippen molar-refractivity contribution in [1.29, 1.82) is 0 Å². The summed E-state index contributed by atoms with van der Waals surface area (Å²) in [5, 5.41) is 14.0. The summed E-state index contributed by atoms with van der Waals surface area (Å²) in [6, 6.07) is 7.23. The Bertz CT molecular complexity index is 651. The summed E-state index contributed by atoms with van der Waals surface area (Å²) in [7, 11) is 0. The van der Waals surface area contributed by atoms with Gasteiger partial charge in [0.15, 0.2) is 0 Å². The van der Waals surface area contributed by atoms with Gasteiger partial charge in [0.05, 0.1) is 8.49 Å². The highest BCUT2D eigenvalue weighted by Crippen LogP contribution is 2.31. The quantitative estimate of drug-likeness (QED) is 0.453. The summed E-state index contributed by atoms with van der Waals surface area (Å²) in [4.78, 5) is 18.5. The van der Waals surface area contributed by atoms with Crippen molar-refractivity contribution in [1.82, 2.24) is 9.97 Å². The lowest BCUT2D eigenvalue weighted by Gasteiger charge is -2.08. The van der Waals surface area contributed by atoms with Crippen molar-refractivity contribution in [2.75, 3.05) is 11.9 Å². The van der Waals surface area contributed by atoms with Crippen LogP contribution >= 0.6 is 22.6 Å². The van der Waals surface area contributed by atoms with Crippen molar-refractivity contribution in [3.05, 3.63) is 44.1 Å². The van der Waals surface area contributed by atoms with Gasteiger partial charge in [0, 0.05) is 6.54 Å². The molecule has 1 aromatic heterocycles. The highest BCUT2D eigenvalue weighted by molar-refractivity contribution is 14.1. The number of nitrogens with zero attached hydrogens (tertiary/aromatic N) is 3. The van der Waals surface area contributed by atoms with Crippen molar-refractivity contribution in [3.8, 4) is 11.6 Å². The van der Waals surface area contributed by atoms with Crippen LogP contribution in [0.25, 0.3) is 0 Å². The van der Waals surface area contributed by atoms with Crippen LogP contribution in [-0.4, -0.2) is 21.4 Å². The Morgan fingerprint density at radius 3 is 2.86 bits per heavy atom. The lowest BCUT2D eigenvalue weighted by atomic mass is 10.3. The molecule has 0 aliphatic rings. The average Bonchev–Trinajstić information content (AvgIpc) is 2.47. The maximum absolute atomic E-state index is 11.0. The van der Waals surface area contributed by atoms with Gasteiger partial charge in [-0.15, -0.1) is 0 Å². The van der Waals surface area contributed by atoms with Crippen LogP contribution in [0.4, 0.5) is 11.6 Å². The second-order valence-electron chi connectivity index (χ2n) is 4.10. The summed E-state index contributed by atoms with van der Waals surface area (Å²) in [5.74, 6) is 0.752. The topological polar surface area (TPSA) is 90.2 Å². The summed E-state index contributed by atoms with van der Waals surface area (Å²) < 4.78 is 6.42. The van der Waals surface area contributed by atoms with E-state index in [0.29, 0.717) is 18.2 Å². The van der Waals surface area contributed by atoms with Gasteiger partial charge in [-0.2, -0.15) is 4.98 Å². The molecule has 0 aliphatic heterocycles. The SMILES string of the molecule is CCCNc1ncc([N+](=O)[O-])c(Oc2ccccc2I)n1. The Kier molecular flexibility index (Phi) is 5.26. The molecule has 0 unspecified atom stereocenters. The monoisotopic (exact) mass is 400 g/mol. The van der Waals surface area contributed by atoms with Gasteiger partial charge in [-0.25, -0.2) is 4.98 Å². The predicted octanol–water partition coefficient (Wildman–Crippen LogP) is 3.60. The van der Waals surface area contributed by atoms with Crippen LogP contribution in [0.15, 0.2) is 30.5 Å². The van der Waals surface area contributed by atoms with E-state index in [1.807, 2.05) is 19.1 Å². The molecule has 0 fully saturated rings. The molecule has 1 N–H and O–H groups in total. The first kappa shape index (κ1) is 15.4. The first-order chi connectivity index (χ1) is 10.1. The molecule has 0 aliphatic carbocycles. The van der Waals surface area contributed by atoms with Gasteiger partial charge in [0.25, 0.3) is 0 Å². The molecular formula is C13H13IN4O3. The van der Waals surface area contributed by atoms with Crippen LogP contribution < -0.4 is 10.1 Å². The Morgan fingerprint density at radius 2 is 2.19 bits per heavy atom. The molecule has 1 aromatic carbocycles. The number of halogens is 1. The third-order valence-corrected chi connectivity index (χ3v) is 3.40. The zero-order valence-electron chi connectivity index (χ0n) is 11.2. The van der Waals surface area contributed by atoms with E-state index in [1.165, 1.54) is 0 Å². The standard InChI is InChI=1S/C13H13IN4O3/c1-2-7-15-13-16-8-10(18(19)20)12(17-13)21-11-6-4-3-5-9(11)14/h3-6,8H,2,7H2,1H3,(H,15,16,17). The molecule has 2 rings (SSSR count). The minimum absolute atomic E-state index is 0.0716. The van der Waals surface area contributed by atoms with Gasteiger partial charge < -0.3 is 10.1 Å². The fourth-order valence-electron chi connectivity index (χ4n) is 1.51. The third kappa shape index (κ3) is 4.00. The molecule has 0 saturated heterocycles. The molecule has 110 valence electrons. The maximum Gasteiger partial charge on any atom is 0.349 e. The van der Waals surface area contributed by atoms with Crippen molar-refractivity contribution < 1.29 is 9.66 Å². The molecule has 2 aromatic rings. The highest BCUT2D eigenvalue weighted by atomic mass is 127. The zero-order valence-corrected chi connectivity index (χ0v) is 13.4. The van der Waals surface area contributed by atoms with Crippen molar-refractivity contribution >= 4 is 34.2 Å². The Labute approximate surface area is 135 Å². The summed E-state index contributed by atoms with van der Waals surface area (Å²) in [5.41, 5.74) is -0.267. The fraction of sp³-hybridized carbons (Fsp3) is 0.231. The lowest BCUT2D eigenvalue weighted by molar-refractivity contribution is -0.386. The van der Waals surface area contributed by atoms with Crippen LogP contribution in [0.5, 0.6) is 11.6 Å². The smallest absolute Gasteiger partial charge is 0.349 e. The lowest BCUT2D eigenvalue weighted by Crippen LogP contribution is -2.06. The third-order valence-electron chi connectivity index (χ3n) is 2.51. The second-order valence-corrected chi connectivity index (χ2v) is 5.26. The van der Waals surface area contributed by atoms with Crippen molar-refractivity contribution in [2.45, 2.75) is 13.3 Å². The van der Waals surface area contributed by atoms with E-state index in [1.54, 1.807) is 12.1 Å². The number of hydrogen-bond donors (Lipinski definition) is 1. The first-order valence-corrected chi connectivity index (χ1v) is 7.37. The van der Waals surface area contributed by atoms with Crippen molar-refractivity contribution in [2.24, 2.45) is 0 Å². The van der Waals surface area contributed by atoms with Gasteiger partial charge >= 0.3 is 11.6 Å². The molecule has 1 heterocycles. The van der Waals surface area contributed by atoms with E-state index in [4.69, 9.17) is 4.74 Å². The molecule has 0 spiro atoms. The summed E-state index contributed by atoms with van der Waals surface area (Å²) >= 11 is 2.09. The second kappa shape index (κ2) is 7.16. The number of nitrogens with one attached hydrogen (secondary N) is 1. The van der Waals surface area contributed by atoms with E-state index in [0.717, 1.165) is 16.2 Å². The number of aromatic nitrogens is 2. The number of para-hydroxylation sites is 1. The van der Waals surface area contributed by atoms with Gasteiger partial charge in [-0.05, 0) is 41.1 Å². The molecular weight excluding hydrogens is 387 g/mol. The first-order valence-electron chi connectivity index (χ1n) is 6.29. The molecule has 7 nitrogen and oxygen atoms in total. The summed E-state index contributed by atoms with van der Waals surface area (Å²) in [6.45, 7) is 2.68. The molecule has 8 heteroatoms. The zero-order chi connectivity index (χ0) is 15.2. The Balaban J connectivity index is 2.34. The Hall–Kier alpha value is -1.97. The molecule has 0 bridgehead atoms. The van der Waals surface area contributed by atoms with Gasteiger partial charge in [0.2, 0.25) is 5.95 Å². The number of hydrogen-bond acceptors (Lipinski definition) is 6. The van der Waals surface area contributed by atoms with Gasteiger partial charge in [-0.3, -0.25) is 10.1 Å². The van der Waals surface area contributed by atoms with E-state index in [2.05, 4.69) is 37.9 Å². The highest BCUT2D eigenvalue weighted by Gasteiger charge is 2.20. The molecule has 21 heavy (non-hydrogen) atoms. The Morgan fingerprint density at radius 1 is 1.43 bits per heavy atom. The number of nitro groups is 1. The average molecular weight is 400 g/mol. The van der Waals surface area contributed by atoms with Gasteiger partial charge in [-0.1, -0.05) is 19.1 Å². The van der Waals surface area contributed by atoms with Crippen molar-refractivity contribution in [3.63, 3.8) is 0 Å². The molecule has 0 amide bonds. The van der Waals surface area contributed by atoms with Crippen LogP contribution in [0.2, 0.25) is 0 Å². The molecule has 0 atom stereocenters. The van der Waals surface area contributed by atoms with E-state index >= 15 is 0 Å². The minimum Gasteiger partial charge on any atom is -0.432 e. The van der Waals surface area contributed by atoms with E-state index in [9.17, 15) is 10.1 Å². The van der Waals surface area contributed by atoms with E-state index < -0.39 is 4.92 Å². The van der Waals surface area contributed by atoms with Crippen LogP contribution in [0, 0.1) is 13.7 Å².